The van der Waals surface area contributed by atoms with Gasteiger partial charge in [0, 0.05) is 49.0 Å². The minimum absolute atomic E-state index is 0.135. The number of aromatic nitrogens is 2. The summed E-state index contributed by atoms with van der Waals surface area (Å²) in [5, 5.41) is 3.11. The topological polar surface area (TPSA) is 46.1 Å². The zero-order valence-electron chi connectivity index (χ0n) is 16.2. The molecule has 0 unspecified atom stereocenters. The molecule has 28 heavy (non-hydrogen) atoms. The van der Waals surface area contributed by atoms with Crippen LogP contribution in [0.3, 0.4) is 0 Å². The first-order valence-electron chi connectivity index (χ1n) is 9.48. The number of nitrogens with zero attached hydrogens (tertiary/aromatic N) is 3. The Hall–Kier alpha value is -2.79. The Morgan fingerprint density at radius 3 is 2.68 bits per heavy atom. The third-order valence-electron chi connectivity index (χ3n) is 5.30. The number of thiazole rings is 1. The van der Waals surface area contributed by atoms with Crippen LogP contribution in [0.4, 0.5) is 5.13 Å². The Kier molecular flexibility index (Phi) is 5.35. The van der Waals surface area contributed by atoms with Crippen molar-refractivity contribution >= 4 is 27.8 Å². The smallest absolute Gasteiger partial charge is 0.185 e. The molecule has 0 amide bonds. The van der Waals surface area contributed by atoms with Gasteiger partial charge in [0.25, 0.3) is 0 Å². The molecular weight excluding hydrogens is 366 g/mol. The highest BCUT2D eigenvalue weighted by atomic mass is 32.1. The lowest BCUT2D eigenvalue weighted by Crippen LogP contribution is -2.30. The van der Waals surface area contributed by atoms with Crippen LogP contribution in [0.2, 0.25) is 0 Å². The van der Waals surface area contributed by atoms with E-state index in [-0.39, 0.29) is 5.78 Å². The van der Waals surface area contributed by atoms with Gasteiger partial charge in [-0.2, -0.15) is 0 Å². The lowest BCUT2D eigenvalue weighted by Gasteiger charge is -2.30. The number of Topliss-reactive ketones (excluding diaryl/α,β-unsaturated/α-hetero) is 1. The highest BCUT2D eigenvalue weighted by Gasteiger charge is 2.20. The summed E-state index contributed by atoms with van der Waals surface area (Å²) in [6.07, 6.45) is 6.74. The number of rotatable bonds is 5. The number of hydrogen-bond acceptors (Lipinski definition) is 5. The maximum atomic E-state index is 12.6. The molecule has 4 nitrogen and oxygen atoms in total. The minimum Gasteiger partial charge on any atom is -0.343 e. The number of hydrogen-bond donors (Lipinski definition) is 0. The normalized spacial score (nSPS) is 14.4. The molecule has 0 aliphatic carbocycles. The first-order chi connectivity index (χ1) is 13.6. The molecule has 0 bridgehead atoms. The summed E-state index contributed by atoms with van der Waals surface area (Å²) < 4.78 is 0. The molecule has 1 aliphatic rings. The highest BCUT2D eigenvalue weighted by Crippen LogP contribution is 2.30. The predicted octanol–water partition coefficient (Wildman–Crippen LogP) is 4.96. The number of anilines is 1. The van der Waals surface area contributed by atoms with Crippen molar-refractivity contribution in [1.82, 2.24) is 9.97 Å². The number of aryl methyl sites for hydroxylation is 1. The summed E-state index contributed by atoms with van der Waals surface area (Å²) in [6, 6.07) is 10.2. The summed E-state index contributed by atoms with van der Waals surface area (Å²) in [7, 11) is 0. The number of pyridine rings is 1. The van der Waals surface area contributed by atoms with Gasteiger partial charge in [0.05, 0.1) is 0 Å². The average molecular weight is 390 g/mol. The molecule has 142 valence electrons. The van der Waals surface area contributed by atoms with Crippen molar-refractivity contribution in [3.8, 4) is 0 Å². The summed E-state index contributed by atoms with van der Waals surface area (Å²) in [6.45, 7) is 6.04. The van der Waals surface area contributed by atoms with E-state index in [0.29, 0.717) is 6.42 Å². The van der Waals surface area contributed by atoms with Crippen LogP contribution in [0.15, 0.2) is 59.9 Å². The van der Waals surface area contributed by atoms with Gasteiger partial charge in [-0.3, -0.25) is 9.78 Å². The summed E-state index contributed by atoms with van der Waals surface area (Å²) in [5.74, 6) is 0.135. The molecule has 1 aromatic carbocycles. The highest BCUT2D eigenvalue weighted by molar-refractivity contribution is 7.13. The Morgan fingerprint density at radius 1 is 1.14 bits per heavy atom. The molecule has 1 aliphatic heterocycles. The van der Waals surface area contributed by atoms with Crippen molar-refractivity contribution in [1.29, 1.82) is 0 Å². The molecule has 0 atom stereocenters. The van der Waals surface area contributed by atoms with Gasteiger partial charge in [-0.15, -0.1) is 11.3 Å². The van der Waals surface area contributed by atoms with Crippen molar-refractivity contribution in [2.75, 3.05) is 18.0 Å². The second-order valence-corrected chi connectivity index (χ2v) is 8.11. The standard InChI is InChI=1S/C23H23N3OS/c1-16-8-11-26(23-25-10-12-28-23)15-21(16)19-5-3-18(4-6-19)13-22(27)20-7-9-24-14-17(20)2/h3-7,9-10,12,14H,8,11,13,15H2,1-2H3. The van der Waals surface area contributed by atoms with Crippen molar-refractivity contribution in [3.05, 3.63) is 82.1 Å². The lowest BCUT2D eigenvalue weighted by atomic mass is 9.93. The fourth-order valence-electron chi connectivity index (χ4n) is 3.62. The monoisotopic (exact) mass is 389 g/mol. The first kappa shape index (κ1) is 18.6. The molecule has 0 saturated heterocycles. The van der Waals surface area contributed by atoms with Gasteiger partial charge < -0.3 is 4.90 Å². The fourth-order valence-corrected chi connectivity index (χ4v) is 4.29. The number of carbonyl (C=O) groups excluding carboxylic acids is 1. The van der Waals surface area contributed by atoms with E-state index in [1.807, 2.05) is 18.5 Å². The van der Waals surface area contributed by atoms with Crippen LogP contribution in [0.1, 0.15) is 40.4 Å². The van der Waals surface area contributed by atoms with Crippen molar-refractivity contribution in [2.24, 2.45) is 0 Å². The van der Waals surface area contributed by atoms with Crippen LogP contribution in [0.5, 0.6) is 0 Å². The summed E-state index contributed by atoms with van der Waals surface area (Å²) in [4.78, 5) is 23.5. The minimum atomic E-state index is 0.135. The molecule has 0 radical (unpaired) electrons. The van der Waals surface area contributed by atoms with Crippen LogP contribution in [-0.4, -0.2) is 28.8 Å². The fraction of sp³-hybridized carbons (Fsp3) is 0.261. The van der Waals surface area contributed by atoms with Gasteiger partial charge in [0.1, 0.15) is 0 Å². The maximum absolute atomic E-state index is 12.6. The van der Waals surface area contributed by atoms with Gasteiger partial charge in [0.2, 0.25) is 0 Å². The molecule has 0 saturated carbocycles. The van der Waals surface area contributed by atoms with E-state index in [0.717, 1.165) is 41.3 Å². The first-order valence-corrected chi connectivity index (χ1v) is 10.4. The van der Waals surface area contributed by atoms with Crippen LogP contribution >= 0.6 is 11.3 Å². The van der Waals surface area contributed by atoms with Gasteiger partial charge in [-0.05, 0) is 48.6 Å². The Morgan fingerprint density at radius 2 is 1.96 bits per heavy atom. The molecule has 3 heterocycles. The van der Waals surface area contributed by atoms with Crippen LogP contribution < -0.4 is 4.90 Å². The third kappa shape index (κ3) is 3.90. The molecule has 2 aromatic heterocycles. The molecular formula is C23H23N3OS. The second-order valence-electron chi connectivity index (χ2n) is 7.23. The second kappa shape index (κ2) is 8.07. The van der Waals surface area contributed by atoms with Crippen molar-refractivity contribution in [2.45, 2.75) is 26.7 Å². The molecule has 5 heteroatoms. The molecule has 0 N–H and O–H groups in total. The van der Waals surface area contributed by atoms with E-state index >= 15 is 0 Å². The van der Waals surface area contributed by atoms with Crippen molar-refractivity contribution in [3.63, 3.8) is 0 Å². The maximum Gasteiger partial charge on any atom is 0.185 e. The molecule has 4 rings (SSSR count). The predicted molar refractivity (Wildman–Crippen MR) is 115 cm³/mol. The third-order valence-corrected chi connectivity index (χ3v) is 6.13. The number of ketones is 1. The molecule has 0 spiro atoms. The number of benzene rings is 1. The van der Waals surface area contributed by atoms with E-state index in [1.165, 1.54) is 16.7 Å². The van der Waals surface area contributed by atoms with E-state index in [1.54, 1.807) is 29.8 Å². The Balaban J connectivity index is 1.50. The molecule has 3 aromatic rings. The summed E-state index contributed by atoms with van der Waals surface area (Å²) in [5.41, 5.74) is 6.75. The van der Waals surface area contributed by atoms with Gasteiger partial charge in [-0.25, -0.2) is 4.98 Å². The van der Waals surface area contributed by atoms with Gasteiger partial charge in [-0.1, -0.05) is 29.8 Å². The van der Waals surface area contributed by atoms with E-state index < -0.39 is 0 Å². The zero-order valence-corrected chi connectivity index (χ0v) is 17.0. The van der Waals surface area contributed by atoms with E-state index in [9.17, 15) is 4.79 Å². The van der Waals surface area contributed by atoms with Gasteiger partial charge >= 0.3 is 0 Å². The largest absolute Gasteiger partial charge is 0.343 e. The number of carbonyl (C=O) groups is 1. The van der Waals surface area contributed by atoms with Gasteiger partial charge in [0.15, 0.2) is 10.9 Å². The average Bonchev–Trinajstić information content (AvgIpc) is 3.24. The van der Waals surface area contributed by atoms with E-state index in [2.05, 4.69) is 46.1 Å². The summed E-state index contributed by atoms with van der Waals surface area (Å²) >= 11 is 1.69. The van der Waals surface area contributed by atoms with E-state index in [4.69, 9.17) is 0 Å². The van der Waals surface area contributed by atoms with Crippen LogP contribution in [0, 0.1) is 6.92 Å². The lowest BCUT2D eigenvalue weighted by molar-refractivity contribution is 0.0992. The van der Waals surface area contributed by atoms with Crippen LogP contribution in [0.25, 0.3) is 5.57 Å². The van der Waals surface area contributed by atoms with Crippen LogP contribution in [-0.2, 0) is 6.42 Å². The molecule has 0 fully saturated rings. The SMILES string of the molecule is CC1=C(c2ccc(CC(=O)c3ccncc3C)cc2)CN(c2nccs2)CC1. The Bertz CT molecular complexity index is 1010. The Labute approximate surface area is 169 Å². The quantitative estimate of drug-likeness (QED) is 0.579. The zero-order chi connectivity index (χ0) is 19.5. The van der Waals surface area contributed by atoms with Crippen molar-refractivity contribution < 1.29 is 4.79 Å².